The summed E-state index contributed by atoms with van der Waals surface area (Å²) < 4.78 is 20.2. The van der Waals surface area contributed by atoms with Crippen molar-refractivity contribution in [3.05, 3.63) is 10.4 Å². The van der Waals surface area contributed by atoms with Gasteiger partial charge in [0.1, 0.15) is 12.7 Å². The van der Waals surface area contributed by atoms with Crippen LogP contribution in [0.5, 0.6) is 0 Å². The number of azide groups is 1. The van der Waals surface area contributed by atoms with Crippen LogP contribution in [0.4, 0.5) is 0 Å². The van der Waals surface area contributed by atoms with E-state index < -0.39 is 46.4 Å². The van der Waals surface area contributed by atoms with Gasteiger partial charge in [0, 0.05) is 25.7 Å². The Balaban J connectivity index is 3.09. The molecule has 1 aliphatic rings. The van der Waals surface area contributed by atoms with Crippen LogP contribution in [-0.2, 0) is 33.3 Å². The molecule has 1 fully saturated rings. The molecule has 0 aliphatic carbocycles. The van der Waals surface area contributed by atoms with Gasteiger partial charge in [0.2, 0.25) is 0 Å². The molecule has 1 saturated heterocycles. The summed E-state index contributed by atoms with van der Waals surface area (Å²) in [5, 5.41) is 3.49. The van der Waals surface area contributed by atoms with Crippen LogP contribution in [0.3, 0.4) is 0 Å². The van der Waals surface area contributed by atoms with Gasteiger partial charge in [-0.05, 0) is 5.53 Å². The van der Waals surface area contributed by atoms with E-state index in [-0.39, 0.29) is 6.61 Å². The van der Waals surface area contributed by atoms with Gasteiger partial charge < -0.3 is 18.9 Å². The Morgan fingerprint density at radius 2 is 1.70 bits per heavy atom. The maximum atomic E-state index is 11.3. The van der Waals surface area contributed by atoms with Gasteiger partial charge in [-0.2, -0.15) is 0 Å². The van der Waals surface area contributed by atoms with E-state index in [0.717, 1.165) is 0 Å². The number of carbonyl (C=O) groups is 3. The average Bonchev–Trinajstić information content (AvgIpc) is 2.43. The zero-order valence-electron chi connectivity index (χ0n) is 12.7. The molecule has 1 heterocycles. The molecule has 0 aromatic carbocycles. The summed E-state index contributed by atoms with van der Waals surface area (Å²) in [4.78, 5) is 36.3. The smallest absolute Gasteiger partial charge is 0.303 e. The van der Waals surface area contributed by atoms with Crippen molar-refractivity contribution in [2.45, 2.75) is 49.2 Å². The molecule has 0 aromatic rings. The summed E-state index contributed by atoms with van der Waals surface area (Å²) in [6.07, 6.45) is -3.82. The Hall–Kier alpha value is -1.59. The number of rotatable bonds is 5. The molecule has 23 heavy (non-hydrogen) atoms. The lowest BCUT2D eigenvalue weighted by molar-refractivity contribution is -0.210. The summed E-state index contributed by atoms with van der Waals surface area (Å²) in [6, 6.07) is 0. The highest BCUT2D eigenvalue weighted by molar-refractivity contribution is 14.1. The Bertz CT molecular complexity index is 523. The third kappa shape index (κ3) is 5.84. The van der Waals surface area contributed by atoms with Gasteiger partial charge >= 0.3 is 17.9 Å². The molecular weight excluding hydrogens is 425 g/mol. The minimum atomic E-state index is -0.997. The minimum absolute atomic E-state index is 0.244. The molecule has 5 atom stereocenters. The summed E-state index contributed by atoms with van der Waals surface area (Å²) in [5.41, 5.74) is 8.62. The van der Waals surface area contributed by atoms with E-state index in [1.165, 1.54) is 20.8 Å². The molecule has 0 radical (unpaired) electrons. The van der Waals surface area contributed by atoms with E-state index in [0.29, 0.717) is 0 Å². The molecule has 128 valence electrons. The fraction of sp³-hybridized carbons (Fsp3) is 0.750. The van der Waals surface area contributed by atoms with E-state index in [4.69, 9.17) is 24.5 Å². The number of alkyl halides is 1. The monoisotopic (exact) mass is 441 g/mol. The number of hydrogen-bond acceptors (Lipinski definition) is 8. The fourth-order valence-corrected chi connectivity index (χ4v) is 2.89. The Morgan fingerprint density at radius 1 is 1.13 bits per heavy atom. The van der Waals surface area contributed by atoms with E-state index >= 15 is 0 Å². The van der Waals surface area contributed by atoms with Crippen LogP contribution in [0.15, 0.2) is 5.11 Å². The zero-order chi connectivity index (χ0) is 17.6. The summed E-state index contributed by atoms with van der Waals surface area (Å²) >= 11 is 1.89. The van der Waals surface area contributed by atoms with Crippen LogP contribution in [0.1, 0.15) is 20.8 Å². The highest BCUT2D eigenvalue weighted by atomic mass is 127. The van der Waals surface area contributed by atoms with Crippen LogP contribution in [0.25, 0.3) is 10.4 Å². The lowest BCUT2D eigenvalue weighted by Gasteiger charge is -2.41. The SMILES string of the molecule is CC(=O)OCC1OC(N=[N+]=[N-])C(I)C(OC(C)=O)C1OC(C)=O. The van der Waals surface area contributed by atoms with Gasteiger partial charge in [0.05, 0.1) is 3.92 Å². The van der Waals surface area contributed by atoms with Crippen molar-refractivity contribution in [2.24, 2.45) is 5.11 Å². The van der Waals surface area contributed by atoms with Gasteiger partial charge in [-0.15, -0.1) is 0 Å². The molecule has 0 aromatic heterocycles. The number of ether oxygens (including phenoxy) is 4. The van der Waals surface area contributed by atoms with Crippen molar-refractivity contribution in [1.82, 2.24) is 0 Å². The van der Waals surface area contributed by atoms with Crippen molar-refractivity contribution in [2.75, 3.05) is 6.61 Å². The van der Waals surface area contributed by atoms with Crippen molar-refractivity contribution in [3.8, 4) is 0 Å². The average molecular weight is 441 g/mol. The Kier molecular flexibility index (Phi) is 7.52. The lowest BCUT2D eigenvalue weighted by Crippen LogP contribution is -2.58. The zero-order valence-corrected chi connectivity index (χ0v) is 14.8. The number of hydrogen-bond donors (Lipinski definition) is 0. The van der Waals surface area contributed by atoms with E-state index in [1.807, 2.05) is 22.6 Å². The second-order valence-electron chi connectivity index (χ2n) is 4.67. The van der Waals surface area contributed by atoms with Crippen molar-refractivity contribution in [3.63, 3.8) is 0 Å². The molecule has 1 rings (SSSR count). The second-order valence-corrected chi connectivity index (χ2v) is 6.10. The Morgan fingerprint density at radius 3 is 2.17 bits per heavy atom. The lowest BCUT2D eigenvalue weighted by atomic mass is 10.0. The van der Waals surface area contributed by atoms with E-state index in [2.05, 4.69) is 10.0 Å². The predicted molar refractivity (Wildman–Crippen MR) is 83.4 cm³/mol. The van der Waals surface area contributed by atoms with Crippen LogP contribution in [-0.4, -0.2) is 53.0 Å². The first kappa shape index (κ1) is 19.5. The van der Waals surface area contributed by atoms with Crippen LogP contribution in [0, 0.1) is 0 Å². The molecule has 10 nitrogen and oxygen atoms in total. The quantitative estimate of drug-likeness (QED) is 0.119. The molecule has 0 saturated carbocycles. The highest BCUT2D eigenvalue weighted by Gasteiger charge is 2.49. The van der Waals surface area contributed by atoms with Gasteiger partial charge in [-0.3, -0.25) is 14.4 Å². The first-order chi connectivity index (χ1) is 10.8. The number of nitrogens with zero attached hydrogens (tertiary/aromatic N) is 3. The van der Waals surface area contributed by atoms with Gasteiger partial charge in [0.25, 0.3) is 0 Å². The predicted octanol–water partition coefficient (Wildman–Crippen LogP) is 1.25. The number of esters is 3. The van der Waals surface area contributed by atoms with Gasteiger partial charge in [-0.1, -0.05) is 27.7 Å². The van der Waals surface area contributed by atoms with Crippen LogP contribution in [0.2, 0.25) is 0 Å². The maximum absolute atomic E-state index is 11.3. The molecule has 0 amide bonds. The normalized spacial score (nSPS) is 29.8. The van der Waals surface area contributed by atoms with Crippen molar-refractivity contribution in [1.29, 1.82) is 0 Å². The van der Waals surface area contributed by atoms with Crippen molar-refractivity contribution >= 4 is 40.5 Å². The molecular formula is C12H16IN3O7. The van der Waals surface area contributed by atoms with E-state index in [1.54, 1.807) is 0 Å². The molecule has 0 N–H and O–H groups in total. The van der Waals surface area contributed by atoms with Gasteiger partial charge in [-0.25, -0.2) is 0 Å². The first-order valence-corrected chi connectivity index (χ1v) is 7.82. The summed E-state index contributed by atoms with van der Waals surface area (Å²) in [7, 11) is 0. The molecule has 5 unspecified atom stereocenters. The summed E-state index contributed by atoms with van der Waals surface area (Å²) in [6.45, 7) is 3.36. The summed E-state index contributed by atoms with van der Waals surface area (Å²) in [5.74, 6) is -1.77. The highest BCUT2D eigenvalue weighted by Crippen LogP contribution is 2.32. The van der Waals surface area contributed by atoms with E-state index in [9.17, 15) is 14.4 Å². The molecule has 0 bridgehead atoms. The fourth-order valence-electron chi connectivity index (χ4n) is 2.02. The number of halogens is 1. The second kappa shape index (κ2) is 8.89. The van der Waals surface area contributed by atoms with Crippen LogP contribution >= 0.6 is 22.6 Å². The Labute approximate surface area is 145 Å². The van der Waals surface area contributed by atoms with Gasteiger partial charge in [0.15, 0.2) is 18.4 Å². The molecule has 0 spiro atoms. The standard InChI is InChI=1S/C12H16IN3O7/c1-5(17)20-4-8-10(21-6(2)18)11(22-7(3)19)9(13)12(23-8)15-16-14/h8-12H,4H2,1-3H3. The first-order valence-electron chi connectivity index (χ1n) is 6.57. The number of carbonyl (C=O) groups excluding carboxylic acids is 3. The minimum Gasteiger partial charge on any atom is -0.463 e. The molecule has 11 heteroatoms. The third-order valence-corrected chi connectivity index (χ3v) is 4.14. The van der Waals surface area contributed by atoms with Crippen molar-refractivity contribution < 1.29 is 33.3 Å². The molecule has 1 aliphatic heterocycles. The third-order valence-electron chi connectivity index (χ3n) is 2.81. The van der Waals surface area contributed by atoms with Crippen LogP contribution < -0.4 is 0 Å². The maximum Gasteiger partial charge on any atom is 0.303 e. The topological polar surface area (TPSA) is 137 Å². The largest absolute Gasteiger partial charge is 0.463 e.